The second-order valence-electron chi connectivity index (χ2n) is 5.44. The first-order chi connectivity index (χ1) is 10.9. The number of nitrogens with zero attached hydrogens (tertiary/aromatic N) is 2. The molecule has 0 aliphatic carbocycles. The van der Waals surface area contributed by atoms with E-state index in [1.165, 1.54) is 31.6 Å². The average molecular weight is 294 g/mol. The molecule has 1 heterocycles. The number of ether oxygens (including phenoxy) is 1. The summed E-state index contributed by atoms with van der Waals surface area (Å²) < 4.78 is 5.59. The summed E-state index contributed by atoms with van der Waals surface area (Å²) in [4.78, 5) is 6.99. The minimum absolute atomic E-state index is 0.650. The van der Waals surface area contributed by atoms with Crippen molar-refractivity contribution in [3.8, 4) is 5.75 Å². The van der Waals surface area contributed by atoms with E-state index in [0.717, 1.165) is 17.0 Å². The fourth-order valence-corrected chi connectivity index (χ4v) is 2.73. The van der Waals surface area contributed by atoms with Crippen molar-refractivity contribution in [3.05, 3.63) is 54.1 Å². The Morgan fingerprint density at radius 1 is 1.05 bits per heavy atom. The Balaban J connectivity index is 1.72. The first kappa shape index (κ1) is 14.6. The van der Waals surface area contributed by atoms with Gasteiger partial charge in [-0.2, -0.15) is 0 Å². The summed E-state index contributed by atoms with van der Waals surface area (Å²) in [5.41, 5.74) is 3.28. The van der Waals surface area contributed by atoms with Crippen molar-refractivity contribution in [1.29, 1.82) is 0 Å². The van der Waals surface area contributed by atoms with Crippen molar-refractivity contribution in [3.63, 3.8) is 0 Å². The van der Waals surface area contributed by atoms with E-state index >= 15 is 0 Å². The highest BCUT2D eigenvalue weighted by Crippen LogP contribution is 2.27. The molecule has 0 saturated carbocycles. The van der Waals surface area contributed by atoms with Gasteiger partial charge in [-0.3, -0.25) is 4.99 Å². The Morgan fingerprint density at radius 2 is 1.77 bits per heavy atom. The summed E-state index contributed by atoms with van der Waals surface area (Å²) in [6.07, 6.45) is 4.50. The summed E-state index contributed by atoms with van der Waals surface area (Å²) in [6.45, 7) is 4.99. The fourth-order valence-electron chi connectivity index (χ4n) is 2.73. The summed E-state index contributed by atoms with van der Waals surface area (Å²) in [5, 5.41) is 0. The molecule has 0 aromatic heterocycles. The van der Waals surface area contributed by atoms with E-state index < -0.39 is 0 Å². The van der Waals surface area contributed by atoms with Crippen molar-refractivity contribution in [2.24, 2.45) is 4.99 Å². The van der Waals surface area contributed by atoms with Gasteiger partial charge in [0, 0.05) is 25.0 Å². The van der Waals surface area contributed by atoms with Crippen LogP contribution in [0.3, 0.4) is 0 Å². The molecule has 3 heteroatoms. The van der Waals surface area contributed by atoms with E-state index in [2.05, 4.69) is 34.2 Å². The van der Waals surface area contributed by atoms with Crippen molar-refractivity contribution in [2.75, 3.05) is 24.6 Å². The van der Waals surface area contributed by atoms with Gasteiger partial charge in [0.2, 0.25) is 0 Å². The minimum atomic E-state index is 0.650. The van der Waals surface area contributed by atoms with Crippen LogP contribution in [-0.4, -0.2) is 25.9 Å². The Kier molecular flexibility index (Phi) is 4.74. The van der Waals surface area contributed by atoms with Gasteiger partial charge in [-0.25, -0.2) is 0 Å². The molecule has 22 heavy (non-hydrogen) atoms. The molecule has 0 bridgehead atoms. The number of para-hydroxylation sites is 2. The number of aliphatic imine (C=N–C) groups is 1. The SMILES string of the molecule is CCOc1ccccc1N=Cc1ccc(N2CCCC2)cc1. The molecule has 0 amide bonds. The lowest BCUT2D eigenvalue weighted by Gasteiger charge is -2.17. The largest absolute Gasteiger partial charge is 0.492 e. The zero-order chi connectivity index (χ0) is 15.2. The molecule has 1 aliphatic rings. The number of benzene rings is 2. The summed E-state index contributed by atoms with van der Waals surface area (Å²) >= 11 is 0. The molecule has 114 valence electrons. The lowest BCUT2D eigenvalue weighted by molar-refractivity contribution is 0.341. The van der Waals surface area contributed by atoms with Crippen LogP contribution in [-0.2, 0) is 0 Å². The third-order valence-corrected chi connectivity index (χ3v) is 3.88. The quantitative estimate of drug-likeness (QED) is 0.762. The minimum Gasteiger partial charge on any atom is -0.492 e. The van der Waals surface area contributed by atoms with Crippen LogP contribution in [0, 0.1) is 0 Å². The molecule has 0 radical (unpaired) electrons. The molecule has 2 aromatic carbocycles. The predicted octanol–water partition coefficient (Wildman–Crippen LogP) is 4.44. The third-order valence-electron chi connectivity index (χ3n) is 3.88. The van der Waals surface area contributed by atoms with Gasteiger partial charge in [-0.05, 0) is 49.6 Å². The Bertz CT molecular complexity index is 628. The third kappa shape index (κ3) is 3.48. The molecule has 3 nitrogen and oxygen atoms in total. The highest BCUT2D eigenvalue weighted by molar-refractivity contribution is 5.83. The monoisotopic (exact) mass is 294 g/mol. The van der Waals surface area contributed by atoms with Gasteiger partial charge in [0.1, 0.15) is 11.4 Å². The second-order valence-corrected chi connectivity index (χ2v) is 5.44. The first-order valence-electron chi connectivity index (χ1n) is 7.98. The average Bonchev–Trinajstić information content (AvgIpc) is 3.09. The van der Waals surface area contributed by atoms with Gasteiger partial charge in [-0.15, -0.1) is 0 Å². The maximum atomic E-state index is 5.59. The van der Waals surface area contributed by atoms with Crippen LogP contribution in [0.4, 0.5) is 11.4 Å². The topological polar surface area (TPSA) is 24.8 Å². The highest BCUT2D eigenvalue weighted by Gasteiger charge is 2.11. The van der Waals surface area contributed by atoms with Crippen molar-refractivity contribution in [2.45, 2.75) is 19.8 Å². The molecule has 3 rings (SSSR count). The Labute approximate surface area is 132 Å². The van der Waals surface area contributed by atoms with Crippen LogP contribution in [0.2, 0.25) is 0 Å². The van der Waals surface area contributed by atoms with Gasteiger partial charge < -0.3 is 9.64 Å². The standard InChI is InChI=1S/C19H22N2O/c1-2-22-19-8-4-3-7-18(19)20-15-16-9-11-17(12-10-16)21-13-5-6-14-21/h3-4,7-12,15H,2,5-6,13-14H2,1H3. The molecule has 0 spiro atoms. The van der Waals surface area contributed by atoms with Gasteiger partial charge >= 0.3 is 0 Å². The van der Waals surface area contributed by atoms with Gasteiger partial charge in [0.05, 0.1) is 6.61 Å². The molecular weight excluding hydrogens is 272 g/mol. The van der Waals surface area contributed by atoms with E-state index in [1.807, 2.05) is 37.4 Å². The normalized spacial score (nSPS) is 14.7. The van der Waals surface area contributed by atoms with E-state index in [1.54, 1.807) is 0 Å². The van der Waals surface area contributed by atoms with Gasteiger partial charge in [-0.1, -0.05) is 24.3 Å². The van der Waals surface area contributed by atoms with Crippen LogP contribution in [0.15, 0.2) is 53.5 Å². The number of rotatable bonds is 5. The molecule has 0 atom stereocenters. The van der Waals surface area contributed by atoms with Gasteiger partial charge in [0.15, 0.2) is 0 Å². The predicted molar refractivity (Wildman–Crippen MR) is 92.8 cm³/mol. The van der Waals surface area contributed by atoms with Gasteiger partial charge in [0.25, 0.3) is 0 Å². The van der Waals surface area contributed by atoms with E-state index in [0.29, 0.717) is 6.61 Å². The van der Waals surface area contributed by atoms with Crippen molar-refractivity contribution < 1.29 is 4.74 Å². The second kappa shape index (κ2) is 7.12. The lowest BCUT2D eigenvalue weighted by atomic mass is 10.2. The summed E-state index contributed by atoms with van der Waals surface area (Å²) in [6, 6.07) is 16.5. The van der Waals surface area contributed by atoms with Crippen LogP contribution in [0.25, 0.3) is 0 Å². The lowest BCUT2D eigenvalue weighted by Crippen LogP contribution is -2.17. The van der Waals surface area contributed by atoms with Crippen molar-refractivity contribution >= 4 is 17.6 Å². The molecule has 0 unspecified atom stereocenters. The molecule has 1 fully saturated rings. The maximum Gasteiger partial charge on any atom is 0.144 e. The molecular formula is C19H22N2O. The van der Waals surface area contributed by atoms with E-state index in [9.17, 15) is 0 Å². The fraction of sp³-hybridized carbons (Fsp3) is 0.316. The van der Waals surface area contributed by atoms with Crippen LogP contribution in [0.5, 0.6) is 5.75 Å². The smallest absolute Gasteiger partial charge is 0.144 e. The van der Waals surface area contributed by atoms with E-state index in [4.69, 9.17) is 4.74 Å². The number of anilines is 1. The van der Waals surface area contributed by atoms with Crippen LogP contribution >= 0.6 is 0 Å². The zero-order valence-corrected chi connectivity index (χ0v) is 13.0. The maximum absolute atomic E-state index is 5.59. The Hall–Kier alpha value is -2.29. The molecule has 2 aromatic rings. The Morgan fingerprint density at radius 3 is 2.50 bits per heavy atom. The molecule has 0 N–H and O–H groups in total. The highest BCUT2D eigenvalue weighted by atomic mass is 16.5. The molecule has 1 saturated heterocycles. The number of hydrogen-bond acceptors (Lipinski definition) is 3. The van der Waals surface area contributed by atoms with E-state index in [-0.39, 0.29) is 0 Å². The van der Waals surface area contributed by atoms with Crippen LogP contribution in [0.1, 0.15) is 25.3 Å². The summed E-state index contributed by atoms with van der Waals surface area (Å²) in [5.74, 6) is 0.829. The first-order valence-corrected chi connectivity index (χ1v) is 7.98. The van der Waals surface area contributed by atoms with Crippen LogP contribution < -0.4 is 9.64 Å². The van der Waals surface area contributed by atoms with Crippen molar-refractivity contribution in [1.82, 2.24) is 0 Å². The molecule has 1 aliphatic heterocycles. The summed E-state index contributed by atoms with van der Waals surface area (Å²) in [7, 11) is 0. The number of hydrogen-bond donors (Lipinski definition) is 0. The zero-order valence-electron chi connectivity index (χ0n) is 13.0.